The molecule has 0 radical (unpaired) electrons. The van der Waals surface area contributed by atoms with Gasteiger partial charge in [-0.3, -0.25) is 4.90 Å². The molecule has 116 valence electrons. The zero-order chi connectivity index (χ0) is 15.2. The van der Waals surface area contributed by atoms with Gasteiger partial charge in [0.05, 0.1) is 12.7 Å². The number of esters is 1. The largest absolute Gasteiger partial charge is 0.465 e. The van der Waals surface area contributed by atoms with Crippen molar-refractivity contribution in [3.8, 4) is 0 Å². The maximum absolute atomic E-state index is 11.7. The number of nitrogens with two attached hydrogens (primary N) is 1. The van der Waals surface area contributed by atoms with Gasteiger partial charge >= 0.3 is 5.97 Å². The topological polar surface area (TPSA) is 67.6 Å². The Balaban J connectivity index is 1.96. The lowest BCUT2D eigenvalue weighted by Gasteiger charge is -2.26. The van der Waals surface area contributed by atoms with Crippen molar-refractivity contribution in [2.75, 3.05) is 55.8 Å². The highest BCUT2D eigenvalue weighted by atomic mass is 32.2. The van der Waals surface area contributed by atoms with E-state index in [1.807, 2.05) is 24.8 Å². The van der Waals surface area contributed by atoms with Crippen molar-refractivity contribution in [2.45, 2.75) is 6.92 Å². The first-order valence-corrected chi connectivity index (χ1v) is 8.29. The Kier molecular flexibility index (Phi) is 5.76. The summed E-state index contributed by atoms with van der Waals surface area (Å²) in [6.07, 6.45) is 0. The van der Waals surface area contributed by atoms with Gasteiger partial charge < -0.3 is 15.8 Å². The number of nitrogens with one attached hydrogen (secondary N) is 1. The van der Waals surface area contributed by atoms with Crippen LogP contribution < -0.4 is 11.1 Å². The summed E-state index contributed by atoms with van der Waals surface area (Å²) in [7, 11) is 1.37. The molecule has 0 unspecified atom stereocenters. The predicted octanol–water partition coefficient (Wildman–Crippen LogP) is 1.82. The van der Waals surface area contributed by atoms with E-state index in [9.17, 15) is 4.79 Å². The summed E-state index contributed by atoms with van der Waals surface area (Å²) in [6.45, 7) is 6.07. The third-order valence-electron chi connectivity index (χ3n) is 3.65. The van der Waals surface area contributed by atoms with Gasteiger partial charge in [0.25, 0.3) is 0 Å². The van der Waals surface area contributed by atoms with Crippen LogP contribution in [0.15, 0.2) is 12.1 Å². The number of nitrogens with zero attached hydrogens (tertiary/aromatic N) is 1. The van der Waals surface area contributed by atoms with E-state index in [4.69, 9.17) is 10.5 Å². The van der Waals surface area contributed by atoms with Crippen LogP contribution in [0.1, 0.15) is 15.9 Å². The number of benzene rings is 1. The zero-order valence-corrected chi connectivity index (χ0v) is 13.5. The maximum Gasteiger partial charge on any atom is 0.340 e. The van der Waals surface area contributed by atoms with Crippen LogP contribution in [0.5, 0.6) is 0 Å². The summed E-state index contributed by atoms with van der Waals surface area (Å²) in [5.74, 6) is 2.04. The minimum atomic E-state index is -0.396. The molecule has 2 rings (SSSR count). The maximum atomic E-state index is 11.7. The lowest BCUT2D eigenvalue weighted by molar-refractivity contribution is 0.0602. The molecule has 1 aromatic rings. The Labute approximate surface area is 130 Å². The van der Waals surface area contributed by atoms with Crippen molar-refractivity contribution in [2.24, 2.45) is 0 Å². The third kappa shape index (κ3) is 4.28. The van der Waals surface area contributed by atoms with Gasteiger partial charge in [-0.05, 0) is 24.6 Å². The van der Waals surface area contributed by atoms with Crippen molar-refractivity contribution in [3.05, 3.63) is 23.3 Å². The number of carbonyl (C=O) groups is 1. The second kappa shape index (κ2) is 7.56. The number of rotatable bonds is 5. The molecule has 5 nitrogen and oxygen atoms in total. The number of nitrogen functional groups attached to an aromatic ring is 1. The summed E-state index contributed by atoms with van der Waals surface area (Å²) in [5.41, 5.74) is 8.64. The van der Waals surface area contributed by atoms with Gasteiger partial charge in [-0.25, -0.2) is 4.79 Å². The molecule has 0 aliphatic carbocycles. The molecule has 1 fully saturated rings. The van der Waals surface area contributed by atoms with Crippen molar-refractivity contribution < 1.29 is 9.53 Å². The van der Waals surface area contributed by atoms with Gasteiger partial charge in [0, 0.05) is 49.1 Å². The highest BCUT2D eigenvalue weighted by Gasteiger charge is 2.14. The van der Waals surface area contributed by atoms with Crippen molar-refractivity contribution in [1.29, 1.82) is 0 Å². The summed E-state index contributed by atoms with van der Waals surface area (Å²) in [6, 6.07) is 3.73. The molecule has 0 saturated carbocycles. The number of methoxy groups -OCH3 is 1. The average molecular weight is 309 g/mol. The number of hydrogen-bond donors (Lipinski definition) is 2. The van der Waals surface area contributed by atoms with Crippen LogP contribution in [-0.2, 0) is 4.74 Å². The first-order chi connectivity index (χ1) is 10.1. The van der Waals surface area contributed by atoms with Crippen LogP contribution in [0.3, 0.4) is 0 Å². The molecule has 0 aromatic heterocycles. The normalized spacial score (nSPS) is 15.7. The number of hydrogen-bond acceptors (Lipinski definition) is 6. The third-order valence-corrected chi connectivity index (χ3v) is 4.60. The summed E-state index contributed by atoms with van der Waals surface area (Å²) < 4.78 is 4.77. The quantitative estimate of drug-likeness (QED) is 0.639. The Morgan fingerprint density at radius 2 is 2.14 bits per heavy atom. The van der Waals surface area contributed by atoms with E-state index in [2.05, 4.69) is 10.2 Å². The molecule has 1 aromatic carbocycles. The number of carbonyl (C=O) groups excluding carboxylic acids is 1. The SMILES string of the molecule is COC(=O)c1cc(NCCN2CCSCC2)cc(C)c1N. The number of aryl methyl sites for hydroxylation is 1. The highest BCUT2D eigenvalue weighted by Crippen LogP contribution is 2.23. The van der Waals surface area contributed by atoms with E-state index in [0.717, 1.165) is 37.4 Å². The molecule has 0 atom stereocenters. The number of thioether (sulfide) groups is 1. The first-order valence-electron chi connectivity index (χ1n) is 7.14. The van der Waals surface area contributed by atoms with Gasteiger partial charge in [-0.15, -0.1) is 0 Å². The molecular weight excluding hydrogens is 286 g/mol. The van der Waals surface area contributed by atoms with Crippen LogP contribution >= 0.6 is 11.8 Å². The molecule has 1 aliphatic heterocycles. The van der Waals surface area contributed by atoms with Crippen LogP contribution in [0, 0.1) is 6.92 Å². The zero-order valence-electron chi connectivity index (χ0n) is 12.6. The minimum Gasteiger partial charge on any atom is -0.465 e. The smallest absolute Gasteiger partial charge is 0.340 e. The summed E-state index contributed by atoms with van der Waals surface area (Å²) in [5, 5.41) is 3.37. The van der Waals surface area contributed by atoms with Gasteiger partial charge in [0.2, 0.25) is 0 Å². The Morgan fingerprint density at radius 3 is 2.81 bits per heavy atom. The fourth-order valence-corrected chi connectivity index (χ4v) is 3.34. The number of anilines is 2. The van der Waals surface area contributed by atoms with Crippen molar-refractivity contribution in [1.82, 2.24) is 4.90 Å². The fraction of sp³-hybridized carbons (Fsp3) is 0.533. The van der Waals surface area contributed by atoms with Gasteiger partial charge in [0.1, 0.15) is 0 Å². The van der Waals surface area contributed by atoms with Crippen LogP contribution in [-0.4, -0.2) is 55.7 Å². The average Bonchev–Trinajstić information content (AvgIpc) is 2.51. The van der Waals surface area contributed by atoms with Gasteiger partial charge in [-0.1, -0.05) is 0 Å². The van der Waals surface area contributed by atoms with Crippen LogP contribution in [0.25, 0.3) is 0 Å². The second-order valence-electron chi connectivity index (χ2n) is 5.13. The Morgan fingerprint density at radius 1 is 1.43 bits per heavy atom. The van der Waals surface area contributed by atoms with E-state index in [1.165, 1.54) is 18.6 Å². The van der Waals surface area contributed by atoms with Crippen LogP contribution in [0.2, 0.25) is 0 Å². The van der Waals surface area contributed by atoms with Crippen LogP contribution in [0.4, 0.5) is 11.4 Å². The van der Waals surface area contributed by atoms with Gasteiger partial charge in [-0.2, -0.15) is 11.8 Å². The van der Waals surface area contributed by atoms with E-state index >= 15 is 0 Å². The molecule has 1 aliphatic rings. The highest BCUT2D eigenvalue weighted by molar-refractivity contribution is 7.99. The molecule has 0 spiro atoms. The van der Waals surface area contributed by atoms with Gasteiger partial charge in [0.15, 0.2) is 0 Å². The molecule has 1 heterocycles. The lowest BCUT2D eigenvalue weighted by atomic mass is 10.1. The standard InChI is InChI=1S/C15H23N3O2S/c1-11-9-12(10-13(14(11)16)15(19)20-2)17-3-4-18-5-7-21-8-6-18/h9-10,17H,3-8,16H2,1-2H3. The molecule has 3 N–H and O–H groups in total. The summed E-state index contributed by atoms with van der Waals surface area (Å²) in [4.78, 5) is 14.2. The van der Waals surface area contributed by atoms with E-state index in [1.54, 1.807) is 6.07 Å². The van der Waals surface area contributed by atoms with Crippen molar-refractivity contribution in [3.63, 3.8) is 0 Å². The fourth-order valence-electron chi connectivity index (χ4n) is 2.36. The molecular formula is C15H23N3O2S. The summed E-state index contributed by atoms with van der Waals surface area (Å²) >= 11 is 2.01. The molecule has 0 amide bonds. The van der Waals surface area contributed by atoms with E-state index in [0.29, 0.717) is 11.3 Å². The predicted molar refractivity (Wildman–Crippen MR) is 89.2 cm³/mol. The molecule has 1 saturated heterocycles. The lowest BCUT2D eigenvalue weighted by Crippen LogP contribution is -2.36. The first kappa shape index (κ1) is 16.0. The van der Waals surface area contributed by atoms with Crippen molar-refractivity contribution >= 4 is 29.1 Å². The minimum absolute atomic E-state index is 0.396. The Bertz CT molecular complexity index is 502. The molecule has 6 heteroatoms. The second-order valence-corrected chi connectivity index (χ2v) is 6.35. The monoisotopic (exact) mass is 309 g/mol. The molecule has 0 bridgehead atoms. The molecule has 21 heavy (non-hydrogen) atoms. The number of ether oxygens (including phenoxy) is 1. The Hall–Kier alpha value is -1.40. The van der Waals surface area contributed by atoms with E-state index < -0.39 is 5.97 Å². The van der Waals surface area contributed by atoms with E-state index in [-0.39, 0.29) is 0 Å².